The maximum Gasteiger partial charge on any atom is 0.380 e. The molecule has 0 spiro atoms. The SMILES string of the molecule is O=C(Oc1ccccc1F)C1=C(c2ccccc2)S(=O)(=O)CCO1. The molecule has 124 valence electrons. The van der Waals surface area contributed by atoms with Crippen LogP contribution in [0.15, 0.2) is 60.4 Å². The number of hydrogen-bond acceptors (Lipinski definition) is 5. The van der Waals surface area contributed by atoms with Crippen molar-refractivity contribution in [3.63, 3.8) is 0 Å². The quantitative estimate of drug-likeness (QED) is 0.630. The first kappa shape index (κ1) is 16.2. The predicted molar refractivity (Wildman–Crippen MR) is 85.1 cm³/mol. The lowest BCUT2D eigenvalue weighted by Gasteiger charge is -2.20. The van der Waals surface area contributed by atoms with Crippen LogP contribution in [0.4, 0.5) is 4.39 Å². The normalized spacial score (nSPS) is 16.4. The average molecular weight is 348 g/mol. The van der Waals surface area contributed by atoms with Crippen molar-refractivity contribution in [1.82, 2.24) is 0 Å². The molecule has 0 saturated carbocycles. The van der Waals surface area contributed by atoms with Gasteiger partial charge in [0.25, 0.3) is 0 Å². The lowest BCUT2D eigenvalue weighted by atomic mass is 10.2. The fraction of sp³-hybridized carbons (Fsp3) is 0.118. The zero-order valence-electron chi connectivity index (χ0n) is 12.4. The zero-order chi connectivity index (χ0) is 17.2. The van der Waals surface area contributed by atoms with Crippen LogP contribution in [0.3, 0.4) is 0 Å². The standard InChI is InChI=1S/C17H13FO5S/c18-13-8-4-5-9-14(13)23-17(19)15-16(12-6-2-1-3-7-12)24(20,21)11-10-22-15/h1-9H,10-11H2. The summed E-state index contributed by atoms with van der Waals surface area (Å²) in [6.45, 7) is -0.166. The van der Waals surface area contributed by atoms with Gasteiger partial charge < -0.3 is 9.47 Å². The van der Waals surface area contributed by atoms with Gasteiger partial charge in [-0.25, -0.2) is 17.6 Å². The molecular formula is C17H13FO5S. The van der Waals surface area contributed by atoms with Gasteiger partial charge in [0, 0.05) is 0 Å². The van der Waals surface area contributed by atoms with Gasteiger partial charge in [-0.1, -0.05) is 42.5 Å². The van der Waals surface area contributed by atoms with Crippen LogP contribution < -0.4 is 4.74 Å². The number of sulfone groups is 1. The summed E-state index contributed by atoms with van der Waals surface area (Å²) in [5, 5.41) is 0. The molecule has 3 rings (SSSR count). The molecule has 0 amide bonds. The number of carbonyl (C=O) groups excluding carboxylic acids is 1. The molecule has 0 aromatic heterocycles. The molecule has 0 bridgehead atoms. The van der Waals surface area contributed by atoms with E-state index in [1.807, 2.05) is 0 Å². The first-order chi connectivity index (χ1) is 11.5. The summed E-state index contributed by atoms with van der Waals surface area (Å²) in [6, 6.07) is 13.5. The van der Waals surface area contributed by atoms with E-state index in [2.05, 4.69) is 0 Å². The number of benzene rings is 2. The molecule has 0 saturated heterocycles. The van der Waals surface area contributed by atoms with Gasteiger partial charge in [-0.15, -0.1) is 0 Å². The molecule has 0 radical (unpaired) electrons. The lowest BCUT2D eigenvalue weighted by molar-refractivity contribution is -0.134. The Morgan fingerprint density at radius 2 is 1.71 bits per heavy atom. The van der Waals surface area contributed by atoms with Crippen LogP contribution in [0.5, 0.6) is 5.75 Å². The molecule has 0 N–H and O–H groups in total. The van der Waals surface area contributed by atoms with E-state index in [1.54, 1.807) is 30.3 Å². The average Bonchev–Trinajstić information content (AvgIpc) is 2.56. The molecule has 0 atom stereocenters. The van der Waals surface area contributed by atoms with Crippen molar-refractivity contribution in [3.8, 4) is 5.75 Å². The first-order valence-corrected chi connectivity index (χ1v) is 8.76. The van der Waals surface area contributed by atoms with Gasteiger partial charge in [-0.05, 0) is 17.7 Å². The Kier molecular flexibility index (Phi) is 4.35. The Bertz CT molecular complexity index is 904. The van der Waals surface area contributed by atoms with Crippen molar-refractivity contribution >= 4 is 20.7 Å². The molecule has 7 heteroatoms. The second-order valence-corrected chi connectivity index (χ2v) is 7.06. The summed E-state index contributed by atoms with van der Waals surface area (Å²) in [4.78, 5) is 12.1. The molecule has 0 fully saturated rings. The third kappa shape index (κ3) is 3.16. The van der Waals surface area contributed by atoms with Crippen LogP contribution in [-0.2, 0) is 19.4 Å². The minimum Gasteiger partial charge on any atom is -0.485 e. The molecule has 2 aromatic rings. The van der Waals surface area contributed by atoms with Gasteiger partial charge >= 0.3 is 5.97 Å². The van der Waals surface area contributed by atoms with Crippen LogP contribution >= 0.6 is 0 Å². The van der Waals surface area contributed by atoms with E-state index in [9.17, 15) is 17.6 Å². The predicted octanol–water partition coefficient (Wildman–Crippen LogP) is 2.54. The van der Waals surface area contributed by atoms with Gasteiger partial charge in [0.1, 0.15) is 11.5 Å². The van der Waals surface area contributed by atoms with Crippen LogP contribution in [0.2, 0.25) is 0 Å². The Hall–Kier alpha value is -2.67. The fourth-order valence-electron chi connectivity index (χ4n) is 2.29. The number of esters is 1. The Labute approximate surface area is 138 Å². The van der Waals surface area contributed by atoms with E-state index in [0.717, 1.165) is 6.07 Å². The summed E-state index contributed by atoms with van der Waals surface area (Å²) in [5.74, 6) is -2.76. The fourth-order valence-corrected chi connectivity index (χ4v) is 3.71. The number of hydrogen-bond donors (Lipinski definition) is 0. The van der Waals surface area contributed by atoms with Gasteiger partial charge in [0.05, 0.1) is 5.75 Å². The zero-order valence-corrected chi connectivity index (χ0v) is 13.3. The Morgan fingerprint density at radius 3 is 2.42 bits per heavy atom. The third-order valence-corrected chi connectivity index (χ3v) is 5.12. The van der Waals surface area contributed by atoms with Crippen LogP contribution in [-0.4, -0.2) is 26.7 Å². The molecule has 0 unspecified atom stereocenters. The minimum atomic E-state index is -3.71. The minimum absolute atomic E-state index is 0.166. The molecule has 2 aromatic carbocycles. The maximum absolute atomic E-state index is 13.6. The topological polar surface area (TPSA) is 69.7 Å². The van der Waals surface area contributed by atoms with Crippen LogP contribution in [0, 0.1) is 5.82 Å². The number of para-hydroxylation sites is 1. The van der Waals surface area contributed by atoms with Gasteiger partial charge in [0.15, 0.2) is 21.4 Å². The maximum atomic E-state index is 13.6. The molecule has 1 heterocycles. The molecule has 5 nitrogen and oxygen atoms in total. The number of carbonyl (C=O) groups is 1. The number of ether oxygens (including phenoxy) is 2. The summed E-state index contributed by atoms with van der Waals surface area (Å²) in [5.41, 5.74) is 0.317. The third-order valence-electron chi connectivity index (χ3n) is 3.38. The highest BCUT2D eigenvalue weighted by Crippen LogP contribution is 2.31. The highest BCUT2D eigenvalue weighted by Gasteiger charge is 2.34. The van der Waals surface area contributed by atoms with E-state index in [-0.39, 0.29) is 23.0 Å². The summed E-state index contributed by atoms with van der Waals surface area (Å²) >= 11 is 0. The highest BCUT2D eigenvalue weighted by atomic mass is 32.2. The molecule has 24 heavy (non-hydrogen) atoms. The van der Waals surface area contributed by atoms with E-state index < -0.39 is 27.4 Å². The van der Waals surface area contributed by atoms with Crippen LogP contribution in [0.1, 0.15) is 5.56 Å². The number of rotatable bonds is 3. The molecule has 0 aliphatic carbocycles. The van der Waals surface area contributed by atoms with Crippen molar-refractivity contribution in [2.75, 3.05) is 12.4 Å². The van der Waals surface area contributed by atoms with Crippen molar-refractivity contribution in [1.29, 1.82) is 0 Å². The van der Waals surface area contributed by atoms with Gasteiger partial charge in [-0.3, -0.25) is 0 Å². The van der Waals surface area contributed by atoms with E-state index in [0.29, 0.717) is 5.56 Å². The van der Waals surface area contributed by atoms with Crippen molar-refractivity contribution in [2.45, 2.75) is 0 Å². The highest BCUT2D eigenvalue weighted by molar-refractivity contribution is 8.00. The second kappa shape index (κ2) is 6.45. The van der Waals surface area contributed by atoms with Crippen molar-refractivity contribution in [2.24, 2.45) is 0 Å². The Morgan fingerprint density at radius 1 is 1.04 bits per heavy atom. The van der Waals surface area contributed by atoms with E-state index in [4.69, 9.17) is 9.47 Å². The summed E-state index contributed by atoms with van der Waals surface area (Å²) < 4.78 is 48.7. The second-order valence-electron chi connectivity index (χ2n) is 5.01. The largest absolute Gasteiger partial charge is 0.485 e. The molecular weight excluding hydrogens is 335 g/mol. The Balaban J connectivity index is 2.06. The monoisotopic (exact) mass is 348 g/mol. The van der Waals surface area contributed by atoms with E-state index >= 15 is 0 Å². The summed E-state index contributed by atoms with van der Waals surface area (Å²) in [6.07, 6.45) is 0. The van der Waals surface area contributed by atoms with Gasteiger partial charge in [-0.2, -0.15) is 0 Å². The molecule has 1 aliphatic heterocycles. The van der Waals surface area contributed by atoms with E-state index in [1.165, 1.54) is 18.2 Å². The summed E-state index contributed by atoms with van der Waals surface area (Å²) in [7, 11) is -3.71. The van der Waals surface area contributed by atoms with Gasteiger partial charge in [0.2, 0.25) is 5.76 Å². The van der Waals surface area contributed by atoms with Crippen LogP contribution in [0.25, 0.3) is 4.91 Å². The van der Waals surface area contributed by atoms with Crippen molar-refractivity contribution in [3.05, 3.63) is 71.7 Å². The van der Waals surface area contributed by atoms with Crippen molar-refractivity contribution < 1.29 is 27.1 Å². The number of halogens is 1. The molecule has 1 aliphatic rings. The first-order valence-electron chi connectivity index (χ1n) is 7.11. The lowest BCUT2D eigenvalue weighted by Crippen LogP contribution is -2.27. The smallest absolute Gasteiger partial charge is 0.380 e.